The summed E-state index contributed by atoms with van der Waals surface area (Å²) in [4.78, 5) is 9.79. The predicted molar refractivity (Wildman–Crippen MR) is 79.4 cm³/mol. The molecule has 3 nitrogen and oxygen atoms in total. The van der Waals surface area contributed by atoms with Crippen molar-refractivity contribution in [2.75, 3.05) is 7.05 Å². The normalized spacial score (nSPS) is 12.7. The molecule has 1 atom stereocenters. The molecule has 0 spiro atoms. The van der Waals surface area contributed by atoms with E-state index in [2.05, 4.69) is 39.6 Å². The molecule has 0 bridgehead atoms. The summed E-state index contributed by atoms with van der Waals surface area (Å²) in [6, 6.07) is 10.8. The Morgan fingerprint density at radius 2 is 2.26 bits per heavy atom. The van der Waals surface area contributed by atoms with Gasteiger partial charge in [-0.2, -0.15) is 0 Å². The zero-order chi connectivity index (χ0) is 13.1. The Kier molecular flexibility index (Phi) is 3.53. The van der Waals surface area contributed by atoms with Crippen LogP contribution in [-0.4, -0.2) is 17.0 Å². The van der Waals surface area contributed by atoms with Gasteiger partial charge in [0.15, 0.2) is 0 Å². The average molecular weight is 269 g/mol. The molecule has 3 rings (SSSR count). The Balaban J connectivity index is 1.92. The minimum atomic E-state index is 0.310. The topological polar surface area (TPSA) is 37.8 Å². The van der Waals surface area contributed by atoms with Gasteiger partial charge in [0.2, 0.25) is 0 Å². The van der Waals surface area contributed by atoms with Crippen molar-refractivity contribution in [2.24, 2.45) is 0 Å². The fourth-order valence-corrected chi connectivity index (χ4v) is 2.88. The number of likely N-dealkylation sites (N-methyl/N-ethyl adjacent to an activating group) is 1. The van der Waals surface area contributed by atoms with Crippen molar-refractivity contribution in [2.45, 2.75) is 12.5 Å². The lowest BCUT2D eigenvalue weighted by Gasteiger charge is -2.16. The molecule has 3 aromatic rings. The summed E-state index contributed by atoms with van der Waals surface area (Å²) in [5.41, 5.74) is 4.21. The highest BCUT2D eigenvalue weighted by atomic mass is 32.1. The van der Waals surface area contributed by atoms with Gasteiger partial charge in [-0.25, -0.2) is 0 Å². The Hall–Kier alpha value is -1.78. The summed E-state index contributed by atoms with van der Waals surface area (Å²) < 4.78 is 0. The van der Waals surface area contributed by atoms with Gasteiger partial charge < -0.3 is 5.32 Å². The molecule has 96 valence electrons. The van der Waals surface area contributed by atoms with Gasteiger partial charge in [0.1, 0.15) is 0 Å². The van der Waals surface area contributed by atoms with E-state index >= 15 is 0 Å². The second-order valence-electron chi connectivity index (χ2n) is 4.47. The maximum Gasteiger partial charge on any atom is 0.0794 e. The monoisotopic (exact) mass is 269 g/mol. The van der Waals surface area contributed by atoms with Crippen molar-refractivity contribution >= 4 is 22.2 Å². The second-order valence-corrected chi connectivity index (χ2v) is 5.44. The second kappa shape index (κ2) is 5.47. The van der Waals surface area contributed by atoms with E-state index in [4.69, 9.17) is 0 Å². The molecule has 1 N–H and O–H groups in total. The maximum atomic E-state index is 4.35. The van der Waals surface area contributed by atoms with Crippen LogP contribution in [0.3, 0.4) is 0 Å². The SMILES string of the molecule is CNC(Cc1cncs1)c1ccc2ncccc2c1. The van der Waals surface area contributed by atoms with Crippen molar-refractivity contribution < 1.29 is 0 Å². The van der Waals surface area contributed by atoms with Gasteiger partial charge in [-0.05, 0) is 30.8 Å². The first-order valence-electron chi connectivity index (χ1n) is 6.26. The van der Waals surface area contributed by atoms with Crippen LogP contribution in [0.15, 0.2) is 48.2 Å². The quantitative estimate of drug-likeness (QED) is 0.790. The lowest BCUT2D eigenvalue weighted by Crippen LogP contribution is -2.18. The number of nitrogens with zero attached hydrogens (tertiary/aromatic N) is 2. The molecule has 2 aromatic heterocycles. The van der Waals surface area contributed by atoms with Crippen LogP contribution >= 0.6 is 11.3 Å². The van der Waals surface area contributed by atoms with E-state index in [1.807, 2.05) is 31.0 Å². The fraction of sp³-hybridized carbons (Fsp3) is 0.200. The number of pyridine rings is 1. The van der Waals surface area contributed by atoms with Crippen LogP contribution in [0.25, 0.3) is 10.9 Å². The third-order valence-electron chi connectivity index (χ3n) is 3.27. The van der Waals surface area contributed by atoms with Gasteiger partial charge in [-0.15, -0.1) is 11.3 Å². The van der Waals surface area contributed by atoms with Crippen LogP contribution in [0.2, 0.25) is 0 Å². The minimum Gasteiger partial charge on any atom is -0.313 e. The molecule has 4 heteroatoms. The summed E-state index contributed by atoms with van der Waals surface area (Å²) in [7, 11) is 2.00. The number of rotatable bonds is 4. The lowest BCUT2D eigenvalue weighted by atomic mass is 10.0. The van der Waals surface area contributed by atoms with E-state index in [-0.39, 0.29) is 0 Å². The van der Waals surface area contributed by atoms with Crippen molar-refractivity contribution in [1.82, 2.24) is 15.3 Å². The van der Waals surface area contributed by atoms with Crippen molar-refractivity contribution in [3.63, 3.8) is 0 Å². The molecule has 0 fully saturated rings. The van der Waals surface area contributed by atoms with E-state index in [1.165, 1.54) is 15.8 Å². The van der Waals surface area contributed by atoms with Gasteiger partial charge in [0, 0.05) is 35.1 Å². The van der Waals surface area contributed by atoms with Crippen LogP contribution in [0.4, 0.5) is 0 Å². The van der Waals surface area contributed by atoms with Gasteiger partial charge in [-0.1, -0.05) is 12.1 Å². The summed E-state index contributed by atoms with van der Waals surface area (Å²) in [5, 5.41) is 4.56. The summed E-state index contributed by atoms with van der Waals surface area (Å²) in [5.74, 6) is 0. The summed E-state index contributed by atoms with van der Waals surface area (Å²) in [6.07, 6.45) is 4.74. The third-order valence-corrected chi connectivity index (χ3v) is 4.07. The molecule has 19 heavy (non-hydrogen) atoms. The summed E-state index contributed by atoms with van der Waals surface area (Å²) >= 11 is 1.70. The lowest BCUT2D eigenvalue weighted by molar-refractivity contribution is 0.597. The first kappa shape index (κ1) is 12.3. The number of nitrogens with one attached hydrogen (secondary N) is 1. The molecular formula is C15H15N3S. The fourth-order valence-electron chi connectivity index (χ4n) is 2.24. The molecule has 0 aliphatic heterocycles. The smallest absolute Gasteiger partial charge is 0.0794 e. The zero-order valence-electron chi connectivity index (χ0n) is 10.7. The highest BCUT2D eigenvalue weighted by Crippen LogP contribution is 2.23. The van der Waals surface area contributed by atoms with E-state index in [0.717, 1.165) is 11.9 Å². The predicted octanol–water partition coefficient (Wildman–Crippen LogP) is 3.19. The number of thiazole rings is 1. The molecule has 0 saturated carbocycles. The molecule has 0 radical (unpaired) electrons. The molecule has 0 amide bonds. The average Bonchev–Trinajstić information content (AvgIpc) is 2.97. The third kappa shape index (κ3) is 2.64. The number of hydrogen-bond acceptors (Lipinski definition) is 4. The Morgan fingerprint density at radius 1 is 1.32 bits per heavy atom. The van der Waals surface area contributed by atoms with Crippen LogP contribution in [-0.2, 0) is 6.42 Å². The molecule has 0 saturated heterocycles. The van der Waals surface area contributed by atoms with Crippen LogP contribution < -0.4 is 5.32 Å². The van der Waals surface area contributed by atoms with Crippen LogP contribution in [0, 0.1) is 0 Å². The molecule has 0 aliphatic rings. The highest BCUT2D eigenvalue weighted by Gasteiger charge is 2.11. The molecular weight excluding hydrogens is 254 g/mol. The number of hydrogen-bond donors (Lipinski definition) is 1. The Morgan fingerprint density at radius 3 is 3.05 bits per heavy atom. The number of benzene rings is 1. The minimum absolute atomic E-state index is 0.310. The standard InChI is InChI=1S/C15H15N3S/c1-16-15(8-13-9-17-10-19-13)12-4-5-14-11(7-12)3-2-6-18-14/h2-7,9-10,15-16H,8H2,1H3. The Labute approximate surface area is 116 Å². The van der Waals surface area contributed by atoms with E-state index < -0.39 is 0 Å². The first-order valence-corrected chi connectivity index (χ1v) is 7.14. The van der Waals surface area contributed by atoms with Gasteiger partial charge >= 0.3 is 0 Å². The first-order chi connectivity index (χ1) is 9.36. The molecule has 1 unspecified atom stereocenters. The number of aromatic nitrogens is 2. The number of fused-ring (bicyclic) bond motifs is 1. The van der Waals surface area contributed by atoms with Gasteiger partial charge in [0.25, 0.3) is 0 Å². The van der Waals surface area contributed by atoms with Crippen molar-refractivity contribution in [1.29, 1.82) is 0 Å². The largest absolute Gasteiger partial charge is 0.313 e. The maximum absolute atomic E-state index is 4.35. The Bertz CT molecular complexity index is 664. The van der Waals surface area contributed by atoms with Crippen LogP contribution in [0.5, 0.6) is 0 Å². The van der Waals surface area contributed by atoms with E-state index in [1.54, 1.807) is 11.3 Å². The van der Waals surface area contributed by atoms with E-state index in [9.17, 15) is 0 Å². The van der Waals surface area contributed by atoms with Gasteiger partial charge in [-0.3, -0.25) is 9.97 Å². The van der Waals surface area contributed by atoms with Crippen LogP contribution in [0.1, 0.15) is 16.5 Å². The molecule has 0 aliphatic carbocycles. The van der Waals surface area contributed by atoms with Crippen molar-refractivity contribution in [3.05, 3.63) is 58.7 Å². The van der Waals surface area contributed by atoms with E-state index in [0.29, 0.717) is 6.04 Å². The molecule has 1 aromatic carbocycles. The molecule has 2 heterocycles. The highest BCUT2D eigenvalue weighted by molar-refractivity contribution is 7.09. The van der Waals surface area contributed by atoms with Crippen molar-refractivity contribution in [3.8, 4) is 0 Å². The zero-order valence-corrected chi connectivity index (χ0v) is 11.5. The summed E-state index contributed by atoms with van der Waals surface area (Å²) in [6.45, 7) is 0. The van der Waals surface area contributed by atoms with Gasteiger partial charge in [0.05, 0.1) is 11.0 Å².